The predicted octanol–water partition coefficient (Wildman–Crippen LogP) is 3.64. The lowest BCUT2D eigenvalue weighted by Crippen LogP contribution is -2.30. The third kappa shape index (κ3) is 4.20. The number of amides is 1. The van der Waals surface area contributed by atoms with E-state index in [2.05, 4.69) is 29.4 Å². The number of hydrogen-bond acceptors (Lipinski definition) is 3. The molecule has 0 saturated heterocycles. The van der Waals surface area contributed by atoms with Crippen LogP contribution in [0.5, 0.6) is 0 Å². The monoisotopic (exact) mass is 337 g/mol. The van der Waals surface area contributed by atoms with Crippen LogP contribution in [-0.2, 0) is 11.3 Å². The van der Waals surface area contributed by atoms with E-state index in [1.165, 1.54) is 5.56 Å². The number of benzene rings is 2. The van der Waals surface area contributed by atoms with Gasteiger partial charge in [0, 0.05) is 19.5 Å². The van der Waals surface area contributed by atoms with Gasteiger partial charge >= 0.3 is 0 Å². The van der Waals surface area contributed by atoms with Gasteiger partial charge < -0.3 is 16.0 Å². The molecule has 2 aromatic carbocycles. The van der Waals surface area contributed by atoms with Gasteiger partial charge in [-0.3, -0.25) is 4.79 Å². The second-order valence-electron chi connectivity index (χ2n) is 6.88. The molecule has 3 rings (SSSR count). The Kier molecular flexibility index (Phi) is 5.71. The molecule has 1 amide bonds. The molecule has 1 fully saturated rings. The van der Waals surface area contributed by atoms with Gasteiger partial charge in [-0.15, -0.1) is 0 Å². The summed E-state index contributed by atoms with van der Waals surface area (Å²) in [4.78, 5) is 14.9. The molecule has 0 heterocycles. The molecule has 0 unspecified atom stereocenters. The van der Waals surface area contributed by atoms with Crippen molar-refractivity contribution >= 4 is 17.3 Å². The molecule has 2 aromatic rings. The number of para-hydroxylation sites is 2. The van der Waals surface area contributed by atoms with Gasteiger partial charge in [-0.25, -0.2) is 0 Å². The molecule has 0 spiro atoms. The highest BCUT2D eigenvalue weighted by atomic mass is 16.1. The maximum absolute atomic E-state index is 12.7. The van der Waals surface area contributed by atoms with E-state index in [9.17, 15) is 4.79 Å². The summed E-state index contributed by atoms with van der Waals surface area (Å²) >= 11 is 0. The van der Waals surface area contributed by atoms with Gasteiger partial charge in [0.25, 0.3) is 0 Å². The fraction of sp³-hybridized carbons (Fsp3) is 0.381. The molecule has 25 heavy (non-hydrogen) atoms. The van der Waals surface area contributed by atoms with Crippen molar-refractivity contribution < 1.29 is 4.79 Å². The van der Waals surface area contributed by atoms with E-state index in [1.807, 2.05) is 42.5 Å². The van der Waals surface area contributed by atoms with Gasteiger partial charge in [-0.05, 0) is 43.0 Å². The SMILES string of the molecule is CN(Cc1ccccc1)c1ccccc1NC(=O)[C@@H]1CCC[C@@H]1CN. The Morgan fingerprint density at radius 3 is 2.60 bits per heavy atom. The topological polar surface area (TPSA) is 58.4 Å². The van der Waals surface area contributed by atoms with Crippen LogP contribution in [0.1, 0.15) is 24.8 Å². The van der Waals surface area contributed by atoms with E-state index in [4.69, 9.17) is 5.73 Å². The molecular weight excluding hydrogens is 310 g/mol. The molecule has 1 aliphatic rings. The van der Waals surface area contributed by atoms with Crippen LogP contribution in [0.25, 0.3) is 0 Å². The summed E-state index contributed by atoms with van der Waals surface area (Å²) in [6.45, 7) is 1.39. The van der Waals surface area contributed by atoms with Gasteiger partial charge in [0.15, 0.2) is 0 Å². The molecule has 0 aliphatic heterocycles. The molecule has 0 radical (unpaired) electrons. The lowest BCUT2D eigenvalue weighted by atomic mass is 9.95. The first kappa shape index (κ1) is 17.5. The number of anilines is 2. The second-order valence-corrected chi connectivity index (χ2v) is 6.88. The van der Waals surface area contributed by atoms with Crippen LogP contribution in [0.3, 0.4) is 0 Å². The van der Waals surface area contributed by atoms with Gasteiger partial charge in [0.1, 0.15) is 0 Å². The van der Waals surface area contributed by atoms with Crippen molar-refractivity contribution in [3.8, 4) is 0 Å². The summed E-state index contributed by atoms with van der Waals surface area (Å²) in [6, 6.07) is 18.3. The van der Waals surface area contributed by atoms with Crippen molar-refractivity contribution in [3.63, 3.8) is 0 Å². The lowest BCUT2D eigenvalue weighted by molar-refractivity contribution is -0.120. The summed E-state index contributed by atoms with van der Waals surface area (Å²) in [7, 11) is 2.05. The van der Waals surface area contributed by atoms with Crippen molar-refractivity contribution in [1.82, 2.24) is 0 Å². The number of nitrogens with two attached hydrogens (primary N) is 1. The minimum absolute atomic E-state index is 0.0393. The number of rotatable bonds is 6. The van der Waals surface area contributed by atoms with Gasteiger partial charge in [0.05, 0.1) is 11.4 Å². The molecule has 3 N–H and O–H groups in total. The van der Waals surface area contributed by atoms with E-state index in [1.54, 1.807) is 0 Å². The molecule has 0 bridgehead atoms. The van der Waals surface area contributed by atoms with Gasteiger partial charge in [0.2, 0.25) is 5.91 Å². The average molecular weight is 337 g/mol. The predicted molar refractivity (Wildman–Crippen MR) is 104 cm³/mol. The molecule has 2 atom stereocenters. The highest BCUT2D eigenvalue weighted by Gasteiger charge is 2.32. The molecule has 1 saturated carbocycles. The van der Waals surface area contributed by atoms with Gasteiger partial charge in [-0.1, -0.05) is 48.9 Å². The van der Waals surface area contributed by atoms with Crippen LogP contribution < -0.4 is 16.0 Å². The van der Waals surface area contributed by atoms with Crippen LogP contribution in [0.2, 0.25) is 0 Å². The Morgan fingerprint density at radius 1 is 1.12 bits per heavy atom. The van der Waals surface area contributed by atoms with Crippen molar-refractivity contribution in [3.05, 3.63) is 60.2 Å². The number of carbonyl (C=O) groups excluding carboxylic acids is 1. The van der Waals surface area contributed by atoms with Crippen molar-refractivity contribution in [2.75, 3.05) is 23.8 Å². The fourth-order valence-electron chi connectivity index (χ4n) is 3.74. The van der Waals surface area contributed by atoms with Crippen LogP contribution in [0, 0.1) is 11.8 Å². The smallest absolute Gasteiger partial charge is 0.227 e. The van der Waals surface area contributed by atoms with Crippen LogP contribution in [0.4, 0.5) is 11.4 Å². The van der Waals surface area contributed by atoms with E-state index in [0.717, 1.165) is 37.2 Å². The minimum Gasteiger partial charge on any atom is -0.369 e. The summed E-state index contributed by atoms with van der Waals surface area (Å²) in [5, 5.41) is 3.15. The van der Waals surface area contributed by atoms with Crippen LogP contribution in [-0.4, -0.2) is 19.5 Å². The number of hydrogen-bond donors (Lipinski definition) is 2. The van der Waals surface area contributed by atoms with E-state index in [0.29, 0.717) is 12.5 Å². The van der Waals surface area contributed by atoms with E-state index < -0.39 is 0 Å². The molecular formula is C21H27N3O. The maximum atomic E-state index is 12.7. The van der Waals surface area contributed by atoms with Crippen LogP contribution in [0.15, 0.2) is 54.6 Å². The Morgan fingerprint density at radius 2 is 1.84 bits per heavy atom. The zero-order valence-corrected chi connectivity index (χ0v) is 14.8. The largest absolute Gasteiger partial charge is 0.369 e. The highest BCUT2D eigenvalue weighted by Crippen LogP contribution is 2.33. The molecule has 0 aromatic heterocycles. The zero-order chi connectivity index (χ0) is 17.6. The van der Waals surface area contributed by atoms with Gasteiger partial charge in [-0.2, -0.15) is 0 Å². The highest BCUT2D eigenvalue weighted by molar-refractivity contribution is 5.96. The third-order valence-electron chi connectivity index (χ3n) is 5.13. The Hall–Kier alpha value is -2.33. The number of carbonyl (C=O) groups is 1. The average Bonchev–Trinajstić information content (AvgIpc) is 3.12. The third-order valence-corrected chi connectivity index (χ3v) is 5.13. The first-order valence-electron chi connectivity index (χ1n) is 9.04. The quantitative estimate of drug-likeness (QED) is 0.846. The standard InChI is InChI=1S/C21H27N3O/c1-24(15-16-8-3-2-4-9-16)20-13-6-5-12-19(20)23-21(25)18-11-7-10-17(18)14-22/h2-6,8-9,12-13,17-18H,7,10-11,14-15,22H2,1H3,(H,23,25)/t17-,18-/m1/s1. The molecule has 132 valence electrons. The minimum atomic E-state index is 0.0393. The summed E-state index contributed by atoms with van der Waals surface area (Å²) in [5.74, 6) is 0.459. The Labute approximate surface area is 150 Å². The second kappa shape index (κ2) is 8.17. The first-order chi connectivity index (χ1) is 12.2. The van der Waals surface area contributed by atoms with Crippen molar-refractivity contribution in [1.29, 1.82) is 0 Å². The first-order valence-corrected chi connectivity index (χ1v) is 9.04. The maximum Gasteiger partial charge on any atom is 0.227 e. The van der Waals surface area contributed by atoms with Crippen molar-refractivity contribution in [2.45, 2.75) is 25.8 Å². The summed E-state index contributed by atoms with van der Waals surface area (Å²) in [5.41, 5.74) is 8.97. The van der Waals surface area contributed by atoms with E-state index >= 15 is 0 Å². The Balaban J connectivity index is 1.73. The van der Waals surface area contributed by atoms with Crippen LogP contribution >= 0.6 is 0 Å². The number of nitrogens with one attached hydrogen (secondary N) is 1. The Bertz CT molecular complexity index is 701. The molecule has 4 heteroatoms. The lowest BCUT2D eigenvalue weighted by Gasteiger charge is -2.24. The van der Waals surface area contributed by atoms with Crippen molar-refractivity contribution in [2.24, 2.45) is 17.6 Å². The molecule has 1 aliphatic carbocycles. The number of nitrogens with zero attached hydrogens (tertiary/aromatic N) is 1. The zero-order valence-electron chi connectivity index (χ0n) is 14.8. The normalized spacial score (nSPS) is 19.6. The molecule has 4 nitrogen and oxygen atoms in total. The summed E-state index contributed by atoms with van der Waals surface area (Å²) in [6.07, 6.45) is 3.09. The fourth-order valence-corrected chi connectivity index (χ4v) is 3.74. The van der Waals surface area contributed by atoms with E-state index in [-0.39, 0.29) is 11.8 Å². The summed E-state index contributed by atoms with van der Waals surface area (Å²) < 4.78 is 0.